The molecule has 1 aromatic rings. The van der Waals surface area contributed by atoms with Gasteiger partial charge in [0.1, 0.15) is 10.4 Å². The van der Waals surface area contributed by atoms with Gasteiger partial charge in [0.2, 0.25) is 0 Å². The topological polar surface area (TPSA) is 40.7 Å². The third-order valence-electron chi connectivity index (χ3n) is 3.11. The quantitative estimate of drug-likeness (QED) is 0.884. The fraction of sp³-hybridized carbons (Fsp3) is 0.727. The molecule has 0 unspecified atom stereocenters. The smallest absolute Gasteiger partial charge is 0.127 e. The van der Waals surface area contributed by atoms with Gasteiger partial charge >= 0.3 is 0 Å². The summed E-state index contributed by atoms with van der Waals surface area (Å²) in [7, 11) is 1.97. The SMILES string of the molecule is CNCCc1nc(Br)c(C2CCCC2)[nH]1. The minimum atomic E-state index is 0.704. The summed E-state index contributed by atoms with van der Waals surface area (Å²) >= 11 is 3.56. The lowest BCUT2D eigenvalue weighted by atomic mass is 10.1. The van der Waals surface area contributed by atoms with Crippen molar-refractivity contribution in [2.45, 2.75) is 38.0 Å². The zero-order chi connectivity index (χ0) is 10.7. The van der Waals surface area contributed by atoms with Gasteiger partial charge in [0, 0.05) is 18.9 Å². The molecular weight excluding hydrogens is 254 g/mol. The molecule has 0 aromatic carbocycles. The second-order valence-corrected chi connectivity index (χ2v) is 4.97. The molecule has 1 fully saturated rings. The lowest BCUT2D eigenvalue weighted by Gasteiger charge is -2.05. The number of aromatic nitrogens is 2. The number of likely N-dealkylation sites (N-methyl/N-ethyl adjacent to an activating group) is 1. The lowest BCUT2D eigenvalue weighted by molar-refractivity contribution is 0.692. The molecule has 2 N–H and O–H groups in total. The van der Waals surface area contributed by atoms with E-state index in [0.29, 0.717) is 5.92 Å². The molecule has 15 heavy (non-hydrogen) atoms. The first-order valence-electron chi connectivity index (χ1n) is 5.70. The number of nitrogens with one attached hydrogen (secondary N) is 2. The Balaban J connectivity index is 2.06. The molecule has 0 amide bonds. The number of hydrogen-bond acceptors (Lipinski definition) is 2. The fourth-order valence-corrected chi connectivity index (χ4v) is 2.90. The van der Waals surface area contributed by atoms with E-state index >= 15 is 0 Å². The molecule has 0 spiro atoms. The van der Waals surface area contributed by atoms with Crippen LogP contribution in [0.4, 0.5) is 0 Å². The summed E-state index contributed by atoms with van der Waals surface area (Å²) < 4.78 is 1.03. The molecule has 84 valence electrons. The highest BCUT2D eigenvalue weighted by atomic mass is 79.9. The predicted molar refractivity (Wildman–Crippen MR) is 65.1 cm³/mol. The number of rotatable bonds is 4. The summed E-state index contributed by atoms with van der Waals surface area (Å²) in [5, 5.41) is 3.14. The van der Waals surface area contributed by atoms with E-state index in [2.05, 4.69) is 31.2 Å². The molecular formula is C11H18BrN3. The van der Waals surface area contributed by atoms with Crippen molar-refractivity contribution in [1.29, 1.82) is 0 Å². The van der Waals surface area contributed by atoms with Crippen LogP contribution in [0.5, 0.6) is 0 Å². The van der Waals surface area contributed by atoms with Crippen LogP contribution >= 0.6 is 15.9 Å². The Bertz CT molecular complexity index is 316. The maximum Gasteiger partial charge on any atom is 0.127 e. The first-order chi connectivity index (χ1) is 7.31. The fourth-order valence-electron chi connectivity index (χ4n) is 2.26. The van der Waals surface area contributed by atoms with E-state index in [4.69, 9.17) is 0 Å². The highest BCUT2D eigenvalue weighted by molar-refractivity contribution is 9.10. The van der Waals surface area contributed by atoms with E-state index in [9.17, 15) is 0 Å². The minimum absolute atomic E-state index is 0.704. The van der Waals surface area contributed by atoms with Crippen molar-refractivity contribution in [2.75, 3.05) is 13.6 Å². The van der Waals surface area contributed by atoms with Crippen molar-refractivity contribution in [3.63, 3.8) is 0 Å². The van der Waals surface area contributed by atoms with Gasteiger partial charge in [-0.2, -0.15) is 0 Å². The molecule has 1 aromatic heterocycles. The monoisotopic (exact) mass is 271 g/mol. The number of H-pyrrole nitrogens is 1. The van der Waals surface area contributed by atoms with Crippen LogP contribution in [0, 0.1) is 0 Å². The molecule has 1 saturated carbocycles. The van der Waals surface area contributed by atoms with Gasteiger partial charge in [0.25, 0.3) is 0 Å². The number of hydrogen-bond donors (Lipinski definition) is 2. The third-order valence-corrected chi connectivity index (χ3v) is 3.71. The average Bonchev–Trinajstić information content (AvgIpc) is 2.83. The van der Waals surface area contributed by atoms with Gasteiger partial charge in [-0.25, -0.2) is 4.98 Å². The highest BCUT2D eigenvalue weighted by Gasteiger charge is 2.22. The maximum absolute atomic E-state index is 4.51. The van der Waals surface area contributed by atoms with E-state index in [1.165, 1.54) is 31.4 Å². The molecule has 0 saturated heterocycles. The summed E-state index contributed by atoms with van der Waals surface area (Å²) in [5.41, 5.74) is 1.32. The Hall–Kier alpha value is -0.350. The number of nitrogens with zero attached hydrogens (tertiary/aromatic N) is 1. The molecule has 3 nitrogen and oxygen atoms in total. The first-order valence-corrected chi connectivity index (χ1v) is 6.49. The second-order valence-electron chi connectivity index (χ2n) is 4.22. The minimum Gasteiger partial charge on any atom is -0.345 e. The second kappa shape index (κ2) is 5.12. The molecule has 0 bridgehead atoms. The summed E-state index contributed by atoms with van der Waals surface area (Å²) in [4.78, 5) is 7.97. The van der Waals surface area contributed by atoms with E-state index < -0.39 is 0 Å². The Morgan fingerprint density at radius 2 is 2.20 bits per heavy atom. The summed E-state index contributed by atoms with van der Waals surface area (Å²) in [6.45, 7) is 0.976. The van der Waals surface area contributed by atoms with Gasteiger partial charge in [-0.15, -0.1) is 0 Å². The van der Waals surface area contributed by atoms with Crippen LogP contribution in [0.25, 0.3) is 0 Å². The zero-order valence-corrected chi connectivity index (χ0v) is 10.7. The number of aromatic amines is 1. The highest BCUT2D eigenvalue weighted by Crippen LogP contribution is 2.36. The Kier molecular flexibility index (Phi) is 3.81. The van der Waals surface area contributed by atoms with Crippen LogP contribution in [0.1, 0.15) is 43.1 Å². The molecule has 2 rings (SSSR count). The van der Waals surface area contributed by atoms with Crippen LogP contribution in [-0.2, 0) is 6.42 Å². The van der Waals surface area contributed by atoms with Gasteiger partial charge < -0.3 is 10.3 Å². The normalized spacial score (nSPS) is 17.5. The summed E-state index contributed by atoms with van der Waals surface area (Å²) in [6, 6.07) is 0. The molecule has 0 aliphatic heterocycles. The van der Waals surface area contributed by atoms with E-state index in [1.54, 1.807) is 0 Å². The lowest BCUT2D eigenvalue weighted by Crippen LogP contribution is -2.11. The number of halogens is 1. The molecule has 4 heteroatoms. The maximum atomic E-state index is 4.51. The van der Waals surface area contributed by atoms with Crippen molar-refractivity contribution in [3.05, 3.63) is 16.1 Å². The van der Waals surface area contributed by atoms with Crippen molar-refractivity contribution in [3.8, 4) is 0 Å². The van der Waals surface area contributed by atoms with Gasteiger partial charge in [-0.3, -0.25) is 0 Å². The average molecular weight is 272 g/mol. The molecule has 0 atom stereocenters. The standard InChI is InChI=1S/C11H18BrN3/c1-13-7-6-9-14-10(11(12)15-9)8-4-2-3-5-8/h8,13H,2-7H2,1H3,(H,14,15). The van der Waals surface area contributed by atoms with Crippen molar-refractivity contribution < 1.29 is 0 Å². The summed E-state index contributed by atoms with van der Waals surface area (Å²) in [6.07, 6.45) is 6.32. The molecule has 1 aliphatic carbocycles. The van der Waals surface area contributed by atoms with Gasteiger partial charge in [-0.05, 0) is 35.8 Å². The Morgan fingerprint density at radius 1 is 1.47 bits per heavy atom. The van der Waals surface area contributed by atoms with E-state index in [-0.39, 0.29) is 0 Å². The van der Waals surface area contributed by atoms with Crippen LogP contribution in [0.3, 0.4) is 0 Å². The third kappa shape index (κ3) is 2.61. The Labute approximate surface area is 99.2 Å². The number of imidazole rings is 1. The van der Waals surface area contributed by atoms with Crippen LogP contribution in [-0.4, -0.2) is 23.6 Å². The van der Waals surface area contributed by atoms with Gasteiger partial charge in [-0.1, -0.05) is 12.8 Å². The largest absolute Gasteiger partial charge is 0.345 e. The molecule has 1 heterocycles. The van der Waals surface area contributed by atoms with Gasteiger partial charge in [0.15, 0.2) is 0 Å². The van der Waals surface area contributed by atoms with E-state index in [0.717, 1.165) is 23.4 Å². The van der Waals surface area contributed by atoms with Crippen molar-refractivity contribution in [2.24, 2.45) is 0 Å². The first kappa shape index (κ1) is 11.1. The zero-order valence-electron chi connectivity index (χ0n) is 9.15. The van der Waals surface area contributed by atoms with Crippen LogP contribution in [0.2, 0.25) is 0 Å². The van der Waals surface area contributed by atoms with Crippen LogP contribution in [0.15, 0.2) is 4.60 Å². The Morgan fingerprint density at radius 3 is 2.87 bits per heavy atom. The van der Waals surface area contributed by atoms with Gasteiger partial charge in [0.05, 0.1) is 5.69 Å². The molecule has 0 radical (unpaired) electrons. The summed E-state index contributed by atoms with van der Waals surface area (Å²) in [5.74, 6) is 1.80. The van der Waals surface area contributed by atoms with E-state index in [1.807, 2.05) is 7.05 Å². The van der Waals surface area contributed by atoms with Crippen LogP contribution < -0.4 is 5.32 Å². The predicted octanol–water partition coefficient (Wildman–Crippen LogP) is 2.59. The molecule has 1 aliphatic rings. The van der Waals surface area contributed by atoms with Crippen molar-refractivity contribution in [1.82, 2.24) is 15.3 Å². The van der Waals surface area contributed by atoms with Crippen molar-refractivity contribution >= 4 is 15.9 Å².